The van der Waals surface area contributed by atoms with Gasteiger partial charge in [0.25, 0.3) is 5.91 Å². The van der Waals surface area contributed by atoms with Gasteiger partial charge in [-0.15, -0.1) is 6.58 Å². The van der Waals surface area contributed by atoms with Crippen molar-refractivity contribution in [3.63, 3.8) is 0 Å². The number of hydrogen-bond donors (Lipinski definition) is 1. The molecule has 8 heteroatoms. The molecular weight excluding hydrogens is 410 g/mol. The lowest BCUT2D eigenvalue weighted by Crippen LogP contribution is -2.48. The van der Waals surface area contributed by atoms with E-state index in [1.165, 1.54) is 18.2 Å². The summed E-state index contributed by atoms with van der Waals surface area (Å²) in [7, 11) is -3.67. The van der Waals surface area contributed by atoms with E-state index in [0.717, 1.165) is 25.2 Å². The summed E-state index contributed by atoms with van der Waals surface area (Å²) < 4.78 is 27.0. The number of sulfonamides is 1. The molecule has 1 saturated heterocycles. The molecule has 0 bridgehead atoms. The van der Waals surface area contributed by atoms with Crippen LogP contribution in [0.15, 0.2) is 66.1 Å². The van der Waals surface area contributed by atoms with Crippen molar-refractivity contribution in [3.05, 3.63) is 77.3 Å². The predicted molar refractivity (Wildman–Crippen MR) is 114 cm³/mol. The fraction of sp³-hybridized carbons (Fsp3) is 0.286. The number of nitrogens with one attached hydrogen (secondary N) is 1. The van der Waals surface area contributed by atoms with Gasteiger partial charge in [-0.25, -0.2) is 13.1 Å². The van der Waals surface area contributed by atoms with E-state index in [0.29, 0.717) is 23.7 Å². The van der Waals surface area contributed by atoms with Crippen molar-refractivity contribution < 1.29 is 13.2 Å². The molecule has 0 atom stereocenters. The Kier molecular flexibility index (Phi) is 7.08. The van der Waals surface area contributed by atoms with Crippen molar-refractivity contribution in [3.8, 4) is 0 Å². The molecule has 0 aliphatic carbocycles. The van der Waals surface area contributed by atoms with E-state index in [2.05, 4.69) is 16.2 Å². The van der Waals surface area contributed by atoms with Crippen LogP contribution in [0, 0.1) is 0 Å². The van der Waals surface area contributed by atoms with Gasteiger partial charge in [-0.3, -0.25) is 9.69 Å². The Morgan fingerprint density at radius 1 is 1.10 bits per heavy atom. The van der Waals surface area contributed by atoms with Crippen LogP contribution >= 0.6 is 11.6 Å². The molecule has 0 radical (unpaired) electrons. The first-order chi connectivity index (χ1) is 13.9. The summed E-state index contributed by atoms with van der Waals surface area (Å²) in [6, 6.07) is 13.9. The van der Waals surface area contributed by atoms with Gasteiger partial charge in [0.05, 0.1) is 4.90 Å². The lowest BCUT2D eigenvalue weighted by Gasteiger charge is -2.34. The predicted octanol–water partition coefficient (Wildman–Crippen LogP) is 2.76. The number of carbonyl (C=O) groups excluding carboxylic acids is 1. The maximum Gasteiger partial charge on any atom is 0.253 e. The third-order valence-corrected chi connectivity index (χ3v) is 6.42. The summed E-state index contributed by atoms with van der Waals surface area (Å²) in [5, 5.41) is 0.716. The molecule has 3 rings (SSSR count). The lowest BCUT2D eigenvalue weighted by molar-refractivity contribution is 0.0628. The van der Waals surface area contributed by atoms with Crippen molar-refractivity contribution in [2.24, 2.45) is 0 Å². The molecule has 1 N–H and O–H groups in total. The number of carbonyl (C=O) groups is 1. The normalized spacial score (nSPS) is 15.3. The minimum atomic E-state index is -3.67. The third-order valence-electron chi connectivity index (χ3n) is 4.76. The number of amides is 1. The summed E-state index contributed by atoms with van der Waals surface area (Å²) in [5.41, 5.74) is 1.51. The van der Waals surface area contributed by atoms with E-state index >= 15 is 0 Å². The van der Waals surface area contributed by atoms with Gasteiger partial charge in [0, 0.05) is 49.9 Å². The minimum Gasteiger partial charge on any atom is -0.336 e. The Morgan fingerprint density at radius 3 is 2.52 bits per heavy atom. The molecule has 154 valence electrons. The lowest BCUT2D eigenvalue weighted by atomic mass is 10.1. The summed E-state index contributed by atoms with van der Waals surface area (Å²) in [6.45, 7) is 7.09. The number of rotatable bonds is 7. The molecule has 1 aliphatic heterocycles. The fourth-order valence-electron chi connectivity index (χ4n) is 3.23. The van der Waals surface area contributed by atoms with Crippen LogP contribution in [0.2, 0.25) is 5.02 Å². The minimum absolute atomic E-state index is 0.0739. The highest BCUT2D eigenvalue weighted by molar-refractivity contribution is 7.89. The van der Waals surface area contributed by atoms with Gasteiger partial charge >= 0.3 is 0 Å². The van der Waals surface area contributed by atoms with Gasteiger partial charge in [0.15, 0.2) is 0 Å². The maximum absolute atomic E-state index is 12.9. The molecule has 0 aromatic heterocycles. The van der Waals surface area contributed by atoms with Gasteiger partial charge in [-0.2, -0.15) is 0 Å². The van der Waals surface area contributed by atoms with Gasteiger partial charge in [0.1, 0.15) is 0 Å². The first-order valence-electron chi connectivity index (χ1n) is 9.36. The van der Waals surface area contributed by atoms with Crippen LogP contribution in [0.1, 0.15) is 15.9 Å². The van der Waals surface area contributed by atoms with Crippen LogP contribution in [-0.2, 0) is 16.6 Å². The average Bonchev–Trinajstić information content (AvgIpc) is 2.72. The highest BCUT2D eigenvalue weighted by Crippen LogP contribution is 2.17. The van der Waals surface area contributed by atoms with Crippen molar-refractivity contribution in [1.82, 2.24) is 14.5 Å². The Bertz CT molecular complexity index is 986. The quantitative estimate of drug-likeness (QED) is 0.681. The van der Waals surface area contributed by atoms with E-state index in [1.807, 2.05) is 24.3 Å². The highest BCUT2D eigenvalue weighted by Gasteiger charge is 2.23. The van der Waals surface area contributed by atoms with E-state index in [9.17, 15) is 13.2 Å². The maximum atomic E-state index is 12.9. The molecule has 2 aromatic carbocycles. The Morgan fingerprint density at radius 2 is 1.83 bits per heavy atom. The number of hydrogen-bond acceptors (Lipinski definition) is 4. The van der Waals surface area contributed by atoms with Gasteiger partial charge in [-0.05, 0) is 35.9 Å². The molecule has 2 aromatic rings. The summed E-state index contributed by atoms with van der Waals surface area (Å²) in [6.07, 6.45) is 1.47. The van der Waals surface area contributed by atoms with Crippen LogP contribution in [0.5, 0.6) is 0 Å². The summed E-state index contributed by atoms with van der Waals surface area (Å²) in [4.78, 5) is 17.0. The highest BCUT2D eigenvalue weighted by atomic mass is 35.5. The van der Waals surface area contributed by atoms with E-state index in [1.54, 1.807) is 17.0 Å². The monoisotopic (exact) mass is 433 g/mol. The summed E-state index contributed by atoms with van der Waals surface area (Å²) in [5.74, 6) is -0.159. The first-order valence-corrected chi connectivity index (χ1v) is 11.2. The van der Waals surface area contributed by atoms with E-state index in [-0.39, 0.29) is 17.3 Å². The largest absolute Gasteiger partial charge is 0.336 e. The third kappa shape index (κ3) is 5.67. The van der Waals surface area contributed by atoms with Crippen LogP contribution in [-0.4, -0.2) is 56.8 Å². The SMILES string of the molecule is C=CCNS(=O)(=O)c1cccc(C(=O)N2CCN(Cc3cccc(Cl)c3)CC2)c1. The first kappa shape index (κ1) is 21.5. The second-order valence-electron chi connectivity index (χ2n) is 6.87. The van der Waals surface area contributed by atoms with Gasteiger partial charge in [0.2, 0.25) is 10.0 Å². The summed E-state index contributed by atoms with van der Waals surface area (Å²) >= 11 is 6.04. The molecule has 0 saturated carbocycles. The molecule has 6 nitrogen and oxygen atoms in total. The zero-order valence-electron chi connectivity index (χ0n) is 16.1. The smallest absolute Gasteiger partial charge is 0.253 e. The number of piperazine rings is 1. The van der Waals surface area contributed by atoms with E-state index < -0.39 is 10.0 Å². The van der Waals surface area contributed by atoms with Crippen molar-refractivity contribution >= 4 is 27.5 Å². The van der Waals surface area contributed by atoms with Crippen LogP contribution < -0.4 is 4.72 Å². The molecule has 1 fully saturated rings. The van der Waals surface area contributed by atoms with Gasteiger partial charge < -0.3 is 4.90 Å². The second-order valence-corrected chi connectivity index (χ2v) is 9.07. The van der Waals surface area contributed by atoms with Crippen LogP contribution in [0.25, 0.3) is 0 Å². The van der Waals surface area contributed by atoms with E-state index in [4.69, 9.17) is 11.6 Å². The second kappa shape index (κ2) is 9.54. The fourth-order valence-corrected chi connectivity index (χ4v) is 4.49. The van der Waals surface area contributed by atoms with Crippen molar-refractivity contribution in [1.29, 1.82) is 0 Å². The Hall–Kier alpha value is -2.19. The van der Waals surface area contributed by atoms with Gasteiger partial charge in [-0.1, -0.05) is 35.9 Å². The molecule has 1 aliphatic rings. The molecule has 0 unspecified atom stereocenters. The topological polar surface area (TPSA) is 69.7 Å². The average molecular weight is 434 g/mol. The zero-order valence-corrected chi connectivity index (χ0v) is 17.6. The van der Waals surface area contributed by atoms with Crippen LogP contribution in [0.3, 0.4) is 0 Å². The molecular formula is C21H24ClN3O3S. The zero-order chi connectivity index (χ0) is 20.9. The number of benzene rings is 2. The number of nitrogens with zero attached hydrogens (tertiary/aromatic N) is 2. The Balaban J connectivity index is 1.62. The molecule has 1 heterocycles. The molecule has 1 amide bonds. The van der Waals surface area contributed by atoms with Crippen molar-refractivity contribution in [2.45, 2.75) is 11.4 Å². The number of halogens is 1. The van der Waals surface area contributed by atoms with Crippen LogP contribution in [0.4, 0.5) is 0 Å². The molecule has 0 spiro atoms. The Labute approximate surface area is 176 Å². The standard InChI is InChI=1S/C21H24ClN3O3S/c1-2-9-23-29(27,28)20-8-4-6-18(15-20)21(26)25-12-10-24(11-13-25)16-17-5-3-7-19(22)14-17/h2-8,14-15,23H,1,9-13,16H2. The molecule has 29 heavy (non-hydrogen) atoms. The van der Waals surface area contributed by atoms with Crippen molar-refractivity contribution in [2.75, 3.05) is 32.7 Å².